The molecule has 2 N–H and O–H groups in total. The fraction of sp³-hybridized carbons (Fsp3) is 0.250. The largest absolute Gasteiger partial charge is 0.497 e. The molecule has 0 aliphatic rings. The number of nitrogen functional groups attached to an aromatic ring is 1. The van der Waals surface area contributed by atoms with Crippen molar-refractivity contribution in [2.45, 2.75) is 24.5 Å². The van der Waals surface area contributed by atoms with Crippen LogP contribution in [0.2, 0.25) is 0 Å². The number of nitrogens with two attached hydrogens (primary N) is 1. The molecule has 0 saturated carbocycles. The van der Waals surface area contributed by atoms with Crippen molar-refractivity contribution < 1.29 is 4.74 Å². The van der Waals surface area contributed by atoms with Gasteiger partial charge in [-0.25, -0.2) is 0 Å². The number of hydrogen-bond acceptors (Lipinski definition) is 3. The van der Waals surface area contributed by atoms with Gasteiger partial charge < -0.3 is 10.5 Å². The van der Waals surface area contributed by atoms with Gasteiger partial charge in [0.15, 0.2) is 0 Å². The molecule has 0 heterocycles. The second kappa shape index (κ2) is 6.02. The van der Waals surface area contributed by atoms with Gasteiger partial charge in [0.2, 0.25) is 0 Å². The molecule has 2 aromatic carbocycles. The lowest BCUT2D eigenvalue weighted by molar-refractivity contribution is 0.414. The summed E-state index contributed by atoms with van der Waals surface area (Å²) in [6.45, 7) is 4.27. The summed E-state index contributed by atoms with van der Waals surface area (Å²) in [5.41, 5.74) is 10.8. The first kappa shape index (κ1) is 13.8. The first-order chi connectivity index (χ1) is 9.10. The second-order valence-electron chi connectivity index (χ2n) is 4.61. The molecule has 2 rings (SSSR count). The van der Waals surface area contributed by atoms with Crippen molar-refractivity contribution in [3.8, 4) is 5.75 Å². The zero-order valence-corrected chi connectivity index (χ0v) is 12.4. The van der Waals surface area contributed by atoms with Gasteiger partial charge >= 0.3 is 0 Å². The Bertz CT molecular complexity index is 581. The summed E-state index contributed by atoms with van der Waals surface area (Å²) in [4.78, 5) is 1.07. The molecule has 0 unspecified atom stereocenters. The molecular weight excluding hydrogens is 254 g/mol. The lowest BCUT2D eigenvalue weighted by Crippen LogP contribution is -1.91. The number of benzene rings is 2. The standard InChI is InChI=1S/C16H19NOS/c1-11-4-5-13(8-12(11)2)10-19-16-9-14(18-3)6-7-15(16)17/h4-9H,10,17H2,1-3H3. The molecule has 0 aromatic heterocycles. The van der Waals surface area contributed by atoms with Crippen LogP contribution < -0.4 is 10.5 Å². The van der Waals surface area contributed by atoms with E-state index in [0.29, 0.717) is 0 Å². The summed E-state index contributed by atoms with van der Waals surface area (Å²) in [6.07, 6.45) is 0. The van der Waals surface area contributed by atoms with Gasteiger partial charge in [0.25, 0.3) is 0 Å². The van der Waals surface area contributed by atoms with E-state index in [1.54, 1.807) is 18.9 Å². The summed E-state index contributed by atoms with van der Waals surface area (Å²) in [5, 5.41) is 0. The van der Waals surface area contributed by atoms with Gasteiger partial charge in [-0.2, -0.15) is 0 Å². The topological polar surface area (TPSA) is 35.2 Å². The van der Waals surface area contributed by atoms with Crippen LogP contribution in [0, 0.1) is 13.8 Å². The van der Waals surface area contributed by atoms with Crippen molar-refractivity contribution in [3.63, 3.8) is 0 Å². The van der Waals surface area contributed by atoms with Gasteiger partial charge in [0.1, 0.15) is 5.75 Å². The zero-order valence-electron chi connectivity index (χ0n) is 11.6. The third kappa shape index (κ3) is 3.44. The molecule has 0 bridgehead atoms. The number of ether oxygens (including phenoxy) is 1. The Morgan fingerprint density at radius 1 is 1.05 bits per heavy atom. The number of anilines is 1. The third-order valence-electron chi connectivity index (χ3n) is 3.19. The minimum absolute atomic E-state index is 0.801. The average molecular weight is 273 g/mol. The molecule has 0 amide bonds. The maximum Gasteiger partial charge on any atom is 0.120 e. The van der Waals surface area contributed by atoms with Gasteiger partial charge in [-0.1, -0.05) is 18.2 Å². The fourth-order valence-electron chi connectivity index (χ4n) is 1.82. The average Bonchev–Trinajstić information content (AvgIpc) is 2.41. The molecule has 0 fully saturated rings. The SMILES string of the molecule is COc1ccc(N)c(SCc2ccc(C)c(C)c2)c1. The smallest absolute Gasteiger partial charge is 0.120 e. The van der Waals surface area contributed by atoms with Crippen LogP contribution in [-0.2, 0) is 5.75 Å². The molecule has 0 aliphatic heterocycles. The van der Waals surface area contributed by atoms with Crippen LogP contribution >= 0.6 is 11.8 Å². The second-order valence-corrected chi connectivity index (χ2v) is 5.63. The van der Waals surface area contributed by atoms with E-state index in [1.807, 2.05) is 18.2 Å². The van der Waals surface area contributed by atoms with Crippen molar-refractivity contribution in [2.24, 2.45) is 0 Å². The van der Waals surface area contributed by atoms with E-state index in [1.165, 1.54) is 16.7 Å². The Labute approximate surface area is 119 Å². The lowest BCUT2D eigenvalue weighted by atomic mass is 10.1. The maximum atomic E-state index is 5.99. The summed E-state index contributed by atoms with van der Waals surface area (Å²) >= 11 is 1.74. The number of hydrogen-bond donors (Lipinski definition) is 1. The molecular formula is C16H19NOS. The van der Waals surface area contributed by atoms with E-state index >= 15 is 0 Å². The van der Waals surface area contributed by atoms with E-state index in [2.05, 4.69) is 32.0 Å². The Balaban J connectivity index is 2.11. The molecule has 0 saturated heterocycles. The van der Waals surface area contributed by atoms with E-state index in [4.69, 9.17) is 10.5 Å². The van der Waals surface area contributed by atoms with Crippen LogP contribution in [0.15, 0.2) is 41.3 Å². The lowest BCUT2D eigenvalue weighted by Gasteiger charge is -2.09. The minimum atomic E-state index is 0.801. The van der Waals surface area contributed by atoms with Crippen LogP contribution in [0.1, 0.15) is 16.7 Å². The normalized spacial score (nSPS) is 10.5. The monoisotopic (exact) mass is 273 g/mol. The van der Waals surface area contributed by atoms with Gasteiger partial charge in [-0.3, -0.25) is 0 Å². The number of methoxy groups -OCH3 is 1. The molecule has 19 heavy (non-hydrogen) atoms. The summed E-state index contributed by atoms with van der Waals surface area (Å²) in [7, 11) is 1.67. The highest BCUT2D eigenvalue weighted by Gasteiger charge is 2.04. The van der Waals surface area contributed by atoms with E-state index in [-0.39, 0.29) is 0 Å². The first-order valence-corrected chi connectivity index (χ1v) is 7.21. The highest BCUT2D eigenvalue weighted by Crippen LogP contribution is 2.31. The van der Waals surface area contributed by atoms with E-state index in [0.717, 1.165) is 22.1 Å². The Hall–Kier alpha value is -1.61. The highest BCUT2D eigenvalue weighted by atomic mass is 32.2. The molecule has 3 heteroatoms. The van der Waals surface area contributed by atoms with Crippen LogP contribution in [0.25, 0.3) is 0 Å². The van der Waals surface area contributed by atoms with Crippen molar-refractivity contribution in [3.05, 3.63) is 53.1 Å². The minimum Gasteiger partial charge on any atom is -0.497 e. The zero-order chi connectivity index (χ0) is 13.8. The number of rotatable bonds is 4. The van der Waals surface area contributed by atoms with Crippen LogP contribution in [0.4, 0.5) is 5.69 Å². The maximum absolute atomic E-state index is 5.99. The summed E-state index contributed by atoms with van der Waals surface area (Å²) in [5.74, 6) is 1.76. The summed E-state index contributed by atoms with van der Waals surface area (Å²) in [6, 6.07) is 12.3. The van der Waals surface area contributed by atoms with Gasteiger partial charge in [0, 0.05) is 16.3 Å². The number of aryl methyl sites for hydroxylation is 2. The molecule has 100 valence electrons. The van der Waals surface area contributed by atoms with Gasteiger partial charge in [-0.15, -0.1) is 11.8 Å². The fourth-order valence-corrected chi connectivity index (χ4v) is 2.76. The molecule has 0 spiro atoms. The number of thioether (sulfide) groups is 1. The molecule has 0 aliphatic carbocycles. The molecule has 0 radical (unpaired) electrons. The molecule has 2 aromatic rings. The van der Waals surface area contributed by atoms with Gasteiger partial charge in [0.05, 0.1) is 7.11 Å². The van der Waals surface area contributed by atoms with Crippen molar-refractivity contribution in [1.29, 1.82) is 0 Å². The molecule has 0 atom stereocenters. The first-order valence-electron chi connectivity index (χ1n) is 6.22. The summed E-state index contributed by atoms with van der Waals surface area (Å²) < 4.78 is 5.23. The van der Waals surface area contributed by atoms with Crippen molar-refractivity contribution >= 4 is 17.4 Å². The van der Waals surface area contributed by atoms with E-state index < -0.39 is 0 Å². The Morgan fingerprint density at radius 3 is 2.53 bits per heavy atom. The van der Waals surface area contributed by atoms with Gasteiger partial charge in [-0.05, 0) is 48.7 Å². The van der Waals surface area contributed by atoms with E-state index in [9.17, 15) is 0 Å². The Kier molecular flexibility index (Phi) is 4.38. The third-order valence-corrected chi connectivity index (χ3v) is 4.33. The van der Waals surface area contributed by atoms with Crippen LogP contribution in [0.3, 0.4) is 0 Å². The molecule has 2 nitrogen and oxygen atoms in total. The quantitative estimate of drug-likeness (QED) is 0.670. The Morgan fingerprint density at radius 2 is 1.84 bits per heavy atom. The highest BCUT2D eigenvalue weighted by molar-refractivity contribution is 7.98. The van der Waals surface area contributed by atoms with Crippen LogP contribution in [-0.4, -0.2) is 7.11 Å². The van der Waals surface area contributed by atoms with Crippen LogP contribution in [0.5, 0.6) is 5.75 Å². The predicted molar refractivity (Wildman–Crippen MR) is 82.9 cm³/mol. The predicted octanol–water partition coefficient (Wildman–Crippen LogP) is 4.19. The van der Waals surface area contributed by atoms with Crippen molar-refractivity contribution in [1.82, 2.24) is 0 Å². The van der Waals surface area contributed by atoms with Crippen molar-refractivity contribution in [2.75, 3.05) is 12.8 Å².